The van der Waals surface area contributed by atoms with E-state index in [1.165, 1.54) is 72.6 Å². The van der Waals surface area contributed by atoms with Crippen molar-refractivity contribution in [3.8, 4) is 0 Å². The van der Waals surface area contributed by atoms with Gasteiger partial charge >= 0.3 is 11.9 Å². The summed E-state index contributed by atoms with van der Waals surface area (Å²) in [7, 11) is 5.59. The molecule has 0 spiro atoms. The van der Waals surface area contributed by atoms with Crippen LogP contribution in [-0.2, 0) is 38.2 Å². The Morgan fingerprint density at radius 1 is 0.439 bits per heavy atom. The van der Waals surface area contributed by atoms with Gasteiger partial charge < -0.3 is 30.7 Å². The van der Waals surface area contributed by atoms with Gasteiger partial charge in [-0.25, -0.2) is 0 Å². The fourth-order valence-electron chi connectivity index (χ4n) is 6.82. The summed E-state index contributed by atoms with van der Waals surface area (Å²) in [5.41, 5.74) is 1.35. The van der Waals surface area contributed by atoms with E-state index in [-0.39, 0.29) is 126 Å². The van der Waals surface area contributed by atoms with Crippen LogP contribution in [0.5, 0.6) is 0 Å². The van der Waals surface area contributed by atoms with Crippen molar-refractivity contribution in [1.82, 2.24) is 9.80 Å². The van der Waals surface area contributed by atoms with E-state index < -0.39 is 52.9 Å². The molecule has 0 fully saturated rings. The molecular formula is C46H48Cl2N6O12. The second-order valence-corrected chi connectivity index (χ2v) is 14.7. The minimum Gasteiger partial charge on any atom is -0.468 e. The van der Waals surface area contributed by atoms with E-state index in [2.05, 4.69) is 30.7 Å². The summed E-state index contributed by atoms with van der Waals surface area (Å²) in [6.45, 7) is -0.561. The summed E-state index contributed by atoms with van der Waals surface area (Å²) in [6.07, 6.45) is 0. The highest BCUT2D eigenvalue weighted by Crippen LogP contribution is 2.37. The van der Waals surface area contributed by atoms with Gasteiger partial charge in [-0.2, -0.15) is 0 Å². The van der Waals surface area contributed by atoms with Crippen LogP contribution in [0.3, 0.4) is 0 Å². The van der Waals surface area contributed by atoms with E-state index in [9.17, 15) is 47.9 Å². The van der Waals surface area contributed by atoms with Gasteiger partial charge in [-0.1, -0.05) is 63.4 Å². The molecule has 4 N–H and O–H groups in total. The molecule has 4 amide bonds. The highest BCUT2D eigenvalue weighted by atomic mass is 35.5. The summed E-state index contributed by atoms with van der Waals surface area (Å²) < 4.78 is 9.18. The maximum atomic E-state index is 13.7. The molecule has 0 heterocycles. The van der Waals surface area contributed by atoms with Crippen LogP contribution in [0.1, 0.15) is 78.5 Å². The van der Waals surface area contributed by atoms with Gasteiger partial charge in [-0.05, 0) is 38.4 Å². The average Bonchev–Trinajstić information content (AvgIpc) is 3.26. The first-order valence-electron chi connectivity index (χ1n) is 19.1. The molecule has 0 atom stereocenters. The lowest BCUT2D eigenvalue weighted by Crippen LogP contribution is -2.35. The maximum Gasteiger partial charge on any atom is 0.319 e. The third kappa shape index (κ3) is 12.2. The van der Waals surface area contributed by atoms with Crippen molar-refractivity contribution in [3.63, 3.8) is 0 Å². The Balaban J connectivity index is 0.000000362. The second kappa shape index (κ2) is 23.7. The molecule has 2 aliphatic carbocycles. The molecule has 0 radical (unpaired) electrons. The number of nitrogens with one attached hydrogen (secondary N) is 4. The first kappa shape index (κ1) is 53.2. The number of nitrogens with zero attached hydrogens (tertiary/aromatic N) is 2. The van der Waals surface area contributed by atoms with Crippen LogP contribution < -0.4 is 21.3 Å². The Kier molecular flexibility index (Phi) is 19.1. The lowest BCUT2D eigenvalue weighted by molar-refractivity contribution is -0.142. The van der Waals surface area contributed by atoms with E-state index >= 15 is 0 Å². The Bertz CT molecular complexity index is 2450. The molecule has 0 saturated carbocycles. The van der Waals surface area contributed by atoms with Crippen molar-refractivity contribution in [2.24, 2.45) is 0 Å². The number of hydrogen-bond acceptors (Lipinski definition) is 14. The van der Waals surface area contributed by atoms with Crippen LogP contribution in [0.4, 0.5) is 22.7 Å². The molecule has 20 heteroatoms. The summed E-state index contributed by atoms with van der Waals surface area (Å²) in [4.78, 5) is 127. The molecule has 0 saturated heterocycles. The van der Waals surface area contributed by atoms with Crippen molar-refractivity contribution in [2.75, 3.05) is 87.5 Å². The van der Waals surface area contributed by atoms with Crippen molar-refractivity contribution in [1.29, 1.82) is 0 Å². The quantitative estimate of drug-likeness (QED) is 0.0860. The fraction of sp³-hybridized carbons (Fsp3) is 0.261. The number of methoxy groups -OCH3 is 2. The molecule has 0 bridgehead atoms. The minimum absolute atomic E-state index is 0. The smallest absolute Gasteiger partial charge is 0.319 e. The Morgan fingerprint density at radius 2 is 0.697 bits per heavy atom. The lowest BCUT2D eigenvalue weighted by Gasteiger charge is -2.23. The highest BCUT2D eigenvalue weighted by Gasteiger charge is 2.36. The summed E-state index contributed by atoms with van der Waals surface area (Å²) >= 11 is 11.0. The number of likely N-dealkylation sites (N-methyl/N-ethyl adjacent to an activating group) is 2. The largest absolute Gasteiger partial charge is 0.468 e. The number of rotatable bonds is 14. The average molecular weight is 948 g/mol. The zero-order valence-electron chi connectivity index (χ0n) is 34.7. The number of ether oxygens (including phenoxy) is 2. The van der Waals surface area contributed by atoms with Crippen LogP contribution in [-0.4, -0.2) is 135 Å². The fourth-order valence-corrected chi connectivity index (χ4v) is 6.95. The standard InChI is InChI=1S/C26H28N4O8.C18H12Cl2N2O4.2CH4/c1-29(13-21(33)37-3)11-19(31)27-17-9-5-7-15-23(17)26(36)24-16(25(15)35)8-6-10-18(24)28-20(32)12-30(2)14-22(34)38-4;19-7-13(23)21-11-5-1-3-9-15(11)18(26)16-10(17(9)25)4-2-6-12(16)22-14(24)8-20;;/h5-10H,11-14H2,1-4H3,(H,27,31)(H,28,32);1-6H,7-8H2,(H,21,23)(H,22,24);2*1H4. The number of esters is 2. The van der Waals surface area contributed by atoms with Gasteiger partial charge in [0.1, 0.15) is 11.8 Å². The second-order valence-electron chi connectivity index (χ2n) is 14.2. The van der Waals surface area contributed by atoms with Gasteiger partial charge in [0.15, 0.2) is 23.1 Å². The first-order valence-corrected chi connectivity index (χ1v) is 20.1. The van der Waals surface area contributed by atoms with Crippen molar-refractivity contribution < 1.29 is 57.4 Å². The molecule has 2 aliphatic rings. The van der Waals surface area contributed by atoms with Gasteiger partial charge in [0, 0.05) is 22.3 Å². The number of carbonyl (C=O) groups excluding carboxylic acids is 10. The third-order valence-corrected chi connectivity index (χ3v) is 10.0. The normalized spacial score (nSPS) is 11.8. The van der Waals surface area contributed by atoms with Crippen molar-refractivity contribution >= 4 is 105 Å². The predicted molar refractivity (Wildman–Crippen MR) is 248 cm³/mol. The summed E-state index contributed by atoms with van der Waals surface area (Å²) in [5.74, 6) is -5.48. The van der Waals surface area contributed by atoms with Crippen molar-refractivity contribution in [2.45, 2.75) is 14.9 Å². The minimum atomic E-state index is -0.549. The maximum absolute atomic E-state index is 13.7. The van der Waals surface area contributed by atoms with Gasteiger partial charge in [0.25, 0.3) is 0 Å². The number of fused-ring (bicyclic) bond motifs is 4. The van der Waals surface area contributed by atoms with E-state index in [0.717, 1.165) is 0 Å². The molecule has 348 valence electrons. The molecule has 18 nitrogen and oxygen atoms in total. The van der Waals surface area contributed by atoms with E-state index in [1.54, 1.807) is 38.4 Å². The molecule has 0 unspecified atom stereocenters. The number of hydrogen-bond donors (Lipinski definition) is 4. The molecule has 0 aromatic heterocycles. The Morgan fingerprint density at radius 3 is 0.939 bits per heavy atom. The van der Waals surface area contributed by atoms with Crippen LogP contribution >= 0.6 is 23.2 Å². The molecule has 0 aliphatic heterocycles. The predicted octanol–water partition coefficient (Wildman–Crippen LogP) is 4.64. The number of ketones is 4. The highest BCUT2D eigenvalue weighted by molar-refractivity contribution is 6.35. The van der Waals surface area contributed by atoms with E-state index in [0.29, 0.717) is 0 Å². The SMILES string of the molecule is C.C.COC(=O)CN(C)CC(=O)Nc1cccc2c1C(=O)c1c(NC(=O)CN(C)CC(=O)OC)cccc1C2=O.O=C(CCl)Nc1cccc2c1C(=O)c1c(NC(=O)CCl)cccc1C2=O. The zero-order valence-corrected chi connectivity index (χ0v) is 36.2. The third-order valence-electron chi connectivity index (χ3n) is 9.56. The van der Waals surface area contributed by atoms with Gasteiger partial charge in [-0.3, -0.25) is 57.7 Å². The number of carbonyl (C=O) groups is 10. The van der Waals surface area contributed by atoms with Gasteiger partial charge in [0.2, 0.25) is 23.6 Å². The Labute approximate surface area is 390 Å². The number of anilines is 4. The first-order chi connectivity index (χ1) is 30.5. The zero-order chi connectivity index (χ0) is 46.8. The number of halogens is 2. The van der Waals surface area contributed by atoms with Crippen molar-refractivity contribution in [3.05, 3.63) is 117 Å². The molecule has 4 aromatic rings. The lowest BCUT2D eigenvalue weighted by atomic mass is 9.82. The van der Waals surface area contributed by atoms with Gasteiger partial charge in [0.05, 0.1) is 85.4 Å². The van der Waals surface area contributed by atoms with E-state index in [1.807, 2.05) is 0 Å². The number of amides is 4. The van der Waals surface area contributed by atoms with E-state index in [4.69, 9.17) is 23.2 Å². The number of benzene rings is 4. The summed E-state index contributed by atoms with van der Waals surface area (Å²) in [6, 6.07) is 18.3. The van der Waals surface area contributed by atoms with Crippen LogP contribution in [0, 0.1) is 0 Å². The van der Waals surface area contributed by atoms with Crippen LogP contribution in [0.2, 0.25) is 0 Å². The molecule has 6 rings (SSSR count). The van der Waals surface area contributed by atoms with Gasteiger partial charge in [-0.15, -0.1) is 23.2 Å². The van der Waals surface area contributed by atoms with Crippen LogP contribution in [0.15, 0.2) is 72.8 Å². The topological polar surface area (TPSA) is 244 Å². The monoisotopic (exact) mass is 946 g/mol. The molecular weight excluding hydrogens is 899 g/mol. The Hall–Kier alpha value is -7.12. The number of alkyl halides is 2. The van der Waals surface area contributed by atoms with Crippen LogP contribution in [0.25, 0.3) is 0 Å². The summed E-state index contributed by atoms with van der Waals surface area (Å²) in [5, 5.41) is 10.3. The molecule has 4 aromatic carbocycles. The molecule has 66 heavy (non-hydrogen) atoms.